The largest absolute Gasteiger partial charge is 0.351 e. The zero-order chi connectivity index (χ0) is 13.8. The molecule has 0 fully saturated rings. The van der Waals surface area contributed by atoms with E-state index < -0.39 is 5.82 Å². The zero-order valence-corrected chi connectivity index (χ0v) is 12.4. The van der Waals surface area contributed by atoms with Crippen molar-refractivity contribution >= 4 is 21.8 Å². The minimum Gasteiger partial charge on any atom is -0.351 e. The highest BCUT2D eigenvalue weighted by molar-refractivity contribution is 9.09. The monoisotopic (exact) mass is 316 g/mol. The molecule has 0 saturated heterocycles. The van der Waals surface area contributed by atoms with Crippen molar-refractivity contribution in [3.63, 3.8) is 0 Å². The minimum atomic E-state index is -0.507. The van der Waals surface area contributed by atoms with E-state index in [1.54, 1.807) is 0 Å². The van der Waals surface area contributed by atoms with E-state index in [-0.39, 0.29) is 21.7 Å². The number of carbonyl (C=O) groups excluding carboxylic acids is 1. The molecule has 1 aromatic heterocycles. The quantitative estimate of drug-likeness (QED) is 0.867. The predicted octanol–water partition coefficient (Wildman–Crippen LogP) is 3.15. The van der Waals surface area contributed by atoms with Gasteiger partial charge in [-0.25, -0.2) is 4.39 Å². The Kier molecular flexibility index (Phi) is 5.26. The number of amides is 1. The molecule has 1 heterocycles. The number of aromatic nitrogens is 1. The van der Waals surface area contributed by atoms with Gasteiger partial charge in [0.15, 0.2) is 0 Å². The first kappa shape index (κ1) is 15.1. The molecule has 1 amide bonds. The van der Waals surface area contributed by atoms with Crippen LogP contribution in [0.25, 0.3) is 0 Å². The number of pyridine rings is 1. The van der Waals surface area contributed by atoms with Gasteiger partial charge in [-0.15, -0.1) is 0 Å². The summed E-state index contributed by atoms with van der Waals surface area (Å²) in [6, 6.07) is 1.18. The van der Waals surface area contributed by atoms with Crippen molar-refractivity contribution in [1.82, 2.24) is 10.3 Å². The molecule has 0 aliphatic carbocycles. The van der Waals surface area contributed by atoms with E-state index in [1.807, 2.05) is 0 Å². The third kappa shape index (κ3) is 5.58. The molecule has 0 spiro atoms. The van der Waals surface area contributed by atoms with Crippen molar-refractivity contribution in [3.05, 3.63) is 29.8 Å². The summed E-state index contributed by atoms with van der Waals surface area (Å²) in [5.74, 6) is -0.812. The average molecular weight is 317 g/mol. The minimum absolute atomic E-state index is 0.194. The summed E-state index contributed by atoms with van der Waals surface area (Å²) >= 11 is 3.52. The maximum Gasteiger partial charge on any atom is 0.252 e. The second kappa shape index (κ2) is 6.27. The number of rotatable bonds is 4. The Morgan fingerprint density at radius 1 is 1.50 bits per heavy atom. The molecule has 1 atom stereocenters. The Hall–Kier alpha value is -0.970. The molecule has 0 aliphatic heterocycles. The summed E-state index contributed by atoms with van der Waals surface area (Å²) in [6.07, 6.45) is 3.36. The topological polar surface area (TPSA) is 42.0 Å². The van der Waals surface area contributed by atoms with E-state index in [1.165, 1.54) is 12.3 Å². The molecule has 0 saturated carbocycles. The van der Waals surface area contributed by atoms with E-state index in [2.05, 4.69) is 47.0 Å². The lowest BCUT2D eigenvalue weighted by atomic mass is 9.90. The highest BCUT2D eigenvalue weighted by Crippen LogP contribution is 2.24. The molecule has 18 heavy (non-hydrogen) atoms. The van der Waals surface area contributed by atoms with Gasteiger partial charge in [0, 0.05) is 17.6 Å². The van der Waals surface area contributed by atoms with Crippen LogP contribution in [-0.4, -0.2) is 22.3 Å². The number of carbonyl (C=O) groups is 1. The molecule has 3 nitrogen and oxygen atoms in total. The van der Waals surface area contributed by atoms with E-state index in [0.717, 1.165) is 12.6 Å². The van der Waals surface area contributed by atoms with Crippen molar-refractivity contribution in [3.8, 4) is 0 Å². The smallest absolute Gasteiger partial charge is 0.252 e. The molecule has 1 aromatic rings. The molecule has 5 heteroatoms. The lowest BCUT2D eigenvalue weighted by molar-refractivity contribution is 0.0951. The van der Waals surface area contributed by atoms with E-state index >= 15 is 0 Å². The zero-order valence-electron chi connectivity index (χ0n) is 10.8. The first-order valence-electron chi connectivity index (χ1n) is 5.81. The van der Waals surface area contributed by atoms with Crippen LogP contribution in [0.3, 0.4) is 0 Å². The summed E-state index contributed by atoms with van der Waals surface area (Å²) in [5, 5.41) is 2.76. The second-order valence-electron chi connectivity index (χ2n) is 5.46. The maximum atomic E-state index is 12.9. The highest BCUT2D eigenvalue weighted by atomic mass is 79.9. The van der Waals surface area contributed by atoms with Crippen LogP contribution in [-0.2, 0) is 0 Å². The van der Waals surface area contributed by atoms with E-state index in [4.69, 9.17) is 0 Å². The van der Waals surface area contributed by atoms with Crippen molar-refractivity contribution in [2.45, 2.75) is 32.0 Å². The SMILES string of the molecule is CC(C)(C)CC(Br)CNC(=O)c1cncc(F)c1. The van der Waals surface area contributed by atoms with Gasteiger partial charge >= 0.3 is 0 Å². The number of hydrogen-bond donors (Lipinski definition) is 1. The van der Waals surface area contributed by atoms with Gasteiger partial charge in [-0.2, -0.15) is 0 Å². The number of halogens is 2. The van der Waals surface area contributed by atoms with Gasteiger partial charge in [0.2, 0.25) is 0 Å². The fourth-order valence-corrected chi connectivity index (χ4v) is 2.71. The van der Waals surface area contributed by atoms with Crippen molar-refractivity contribution < 1.29 is 9.18 Å². The Morgan fingerprint density at radius 3 is 2.72 bits per heavy atom. The van der Waals surface area contributed by atoms with Gasteiger partial charge in [0.05, 0.1) is 11.8 Å². The molecule has 0 aromatic carbocycles. The van der Waals surface area contributed by atoms with Crippen LogP contribution in [0.5, 0.6) is 0 Å². The summed E-state index contributed by atoms with van der Waals surface area (Å²) in [7, 11) is 0. The molecule has 1 unspecified atom stereocenters. The lowest BCUT2D eigenvalue weighted by Gasteiger charge is -2.22. The predicted molar refractivity (Wildman–Crippen MR) is 73.3 cm³/mol. The highest BCUT2D eigenvalue weighted by Gasteiger charge is 2.17. The Labute approximate surface area is 115 Å². The van der Waals surface area contributed by atoms with Gasteiger partial charge in [-0.3, -0.25) is 9.78 Å². The lowest BCUT2D eigenvalue weighted by Crippen LogP contribution is -2.31. The van der Waals surface area contributed by atoms with Crippen molar-refractivity contribution in [1.29, 1.82) is 0 Å². The van der Waals surface area contributed by atoms with Crippen LogP contribution in [0.2, 0.25) is 0 Å². The summed E-state index contributed by atoms with van der Waals surface area (Å²) in [4.78, 5) is 15.6. The Balaban J connectivity index is 2.47. The molecule has 0 aliphatic rings. The number of nitrogens with one attached hydrogen (secondary N) is 1. The molecular weight excluding hydrogens is 299 g/mol. The molecule has 100 valence electrons. The van der Waals surface area contributed by atoms with Crippen LogP contribution in [0.1, 0.15) is 37.6 Å². The van der Waals surface area contributed by atoms with Gasteiger partial charge in [0.25, 0.3) is 5.91 Å². The normalized spacial score (nSPS) is 13.2. The second-order valence-corrected chi connectivity index (χ2v) is 6.76. The summed E-state index contributed by atoms with van der Waals surface area (Å²) in [6.45, 7) is 6.92. The van der Waals surface area contributed by atoms with Crippen LogP contribution in [0.4, 0.5) is 4.39 Å². The summed E-state index contributed by atoms with van der Waals surface area (Å²) in [5.41, 5.74) is 0.435. The third-order valence-corrected chi connectivity index (χ3v) is 2.93. The Bertz CT molecular complexity index is 418. The first-order valence-corrected chi connectivity index (χ1v) is 6.72. The fourth-order valence-electron chi connectivity index (χ4n) is 1.58. The van der Waals surface area contributed by atoms with Crippen LogP contribution < -0.4 is 5.32 Å². The van der Waals surface area contributed by atoms with Crippen LogP contribution >= 0.6 is 15.9 Å². The fraction of sp³-hybridized carbons (Fsp3) is 0.538. The number of alkyl halides is 1. The van der Waals surface area contributed by atoms with Crippen LogP contribution in [0.15, 0.2) is 18.5 Å². The molecular formula is C13H18BrFN2O. The number of nitrogens with zero attached hydrogens (tertiary/aromatic N) is 1. The summed E-state index contributed by atoms with van der Waals surface area (Å²) < 4.78 is 12.9. The van der Waals surface area contributed by atoms with Crippen molar-refractivity contribution in [2.75, 3.05) is 6.54 Å². The molecule has 1 rings (SSSR count). The molecule has 0 radical (unpaired) electrons. The standard InChI is InChI=1S/C13H18BrFN2O/c1-13(2,3)5-10(14)7-17-12(18)9-4-11(15)8-16-6-9/h4,6,8,10H,5,7H2,1-3H3,(H,17,18). The van der Waals surface area contributed by atoms with E-state index in [0.29, 0.717) is 6.54 Å². The average Bonchev–Trinajstić information content (AvgIpc) is 2.23. The maximum absolute atomic E-state index is 12.9. The van der Waals surface area contributed by atoms with E-state index in [9.17, 15) is 9.18 Å². The molecule has 1 N–H and O–H groups in total. The first-order chi connectivity index (χ1) is 8.28. The van der Waals surface area contributed by atoms with Crippen LogP contribution in [0, 0.1) is 11.2 Å². The van der Waals surface area contributed by atoms with Gasteiger partial charge in [-0.05, 0) is 17.9 Å². The van der Waals surface area contributed by atoms with Gasteiger partial charge < -0.3 is 5.32 Å². The Morgan fingerprint density at radius 2 is 2.17 bits per heavy atom. The number of hydrogen-bond acceptors (Lipinski definition) is 2. The molecule has 0 bridgehead atoms. The van der Waals surface area contributed by atoms with Crippen molar-refractivity contribution in [2.24, 2.45) is 5.41 Å². The van der Waals surface area contributed by atoms with Gasteiger partial charge in [-0.1, -0.05) is 36.7 Å². The third-order valence-electron chi connectivity index (χ3n) is 2.29. The van der Waals surface area contributed by atoms with Gasteiger partial charge in [0.1, 0.15) is 5.82 Å².